The first-order valence-corrected chi connectivity index (χ1v) is 55.8. The van der Waals surface area contributed by atoms with Gasteiger partial charge in [0.05, 0.1) is 51.3 Å². The quantitative estimate of drug-likeness (QED) is 0.0470. The molecule has 1 saturated carbocycles. The molecule has 7 aromatic carbocycles. The van der Waals surface area contributed by atoms with Gasteiger partial charge in [-0.3, -0.25) is 14.1 Å². The molecule has 1 aliphatic carbocycles. The SMILES string of the molecule is CC(C)P(=O)(c1ccc(Nc2nc3ccccc3c3c2nc(C2CCCC2)n3C)cc1)C(C)C.CN1CCP(=O)(c2ccc(Nc3ncc(Cl)c4c3nnn4C)cc2)CC1.CP(C)(=O)c1ccc(Nc2nccc3ncccc23)cc1.Cn1c(=O)n(C)c2c(Nc3ccc(CP(C)(C)=O)cc3)nccc21.Cn1c2ccccc2c2c(Nc3ccc(P(C)(C)=O)cc3)nccc21. The van der Waals surface area contributed by atoms with E-state index in [1.54, 1.807) is 99.7 Å². The lowest BCUT2D eigenvalue weighted by Gasteiger charge is -2.29. The highest BCUT2D eigenvalue weighted by molar-refractivity contribution is 7.73. The molecule has 0 radical (unpaired) electrons. The second-order valence-corrected chi connectivity index (χ2v) is 52.8. The average Bonchev–Trinajstić information content (AvgIpc) is 1.62. The third-order valence-electron chi connectivity index (χ3n) is 24.2. The molecule has 17 aromatic rings. The molecule has 5 N–H and O–H groups in total. The molecule has 32 heteroatoms. The zero-order valence-corrected chi connectivity index (χ0v) is 81.5. The number of para-hydroxylation sites is 2. The monoisotopic (exact) mass is 1850 g/mol. The third kappa shape index (κ3) is 20.4. The summed E-state index contributed by atoms with van der Waals surface area (Å²) in [7, 11) is 0.288. The van der Waals surface area contributed by atoms with Crippen molar-refractivity contribution in [1.29, 1.82) is 0 Å². The molecule has 0 atom stereocenters. The Balaban J connectivity index is 0.000000126. The van der Waals surface area contributed by atoms with Crippen molar-refractivity contribution in [2.75, 3.05) is 99.0 Å². The molecule has 2 aliphatic rings. The van der Waals surface area contributed by atoms with E-state index in [2.05, 4.69) is 155 Å². The largest absolute Gasteiger partial charge is 0.343 e. The highest BCUT2D eigenvalue weighted by Crippen LogP contribution is 2.54. The summed E-state index contributed by atoms with van der Waals surface area (Å²) in [5.74, 6) is 5.29. The van der Waals surface area contributed by atoms with Crippen LogP contribution in [0.4, 0.5) is 57.5 Å². The van der Waals surface area contributed by atoms with Crippen LogP contribution in [0.2, 0.25) is 5.02 Å². The Kier molecular flexibility index (Phi) is 27.7. The van der Waals surface area contributed by atoms with Crippen molar-refractivity contribution in [3.63, 3.8) is 0 Å². The Morgan fingerprint density at radius 1 is 0.446 bits per heavy atom. The molecule has 1 saturated heterocycles. The van der Waals surface area contributed by atoms with Gasteiger partial charge in [-0.2, -0.15) is 0 Å². The molecule has 19 rings (SSSR count). The minimum Gasteiger partial charge on any atom is -0.343 e. The number of benzene rings is 7. The van der Waals surface area contributed by atoms with Gasteiger partial charge in [0.15, 0.2) is 23.0 Å². The molecule has 1 aliphatic heterocycles. The molecule has 10 aromatic heterocycles. The van der Waals surface area contributed by atoms with Crippen LogP contribution in [0.3, 0.4) is 0 Å². The molecular weight excluding hydrogens is 1740 g/mol. The van der Waals surface area contributed by atoms with Crippen LogP contribution in [0, 0.1) is 0 Å². The number of aryl methyl sites for hydroxylation is 5. The smallest absolute Gasteiger partial charge is 0.328 e. The van der Waals surface area contributed by atoms with Crippen LogP contribution in [-0.2, 0) is 64.2 Å². The number of pyridine rings is 6. The van der Waals surface area contributed by atoms with Crippen molar-refractivity contribution in [1.82, 2.24) is 73.1 Å². The van der Waals surface area contributed by atoms with Crippen LogP contribution in [-0.4, -0.2) is 157 Å². The minimum atomic E-state index is -2.46. The molecule has 11 heterocycles. The van der Waals surface area contributed by atoms with Gasteiger partial charge in [0, 0.05) is 180 Å². The first-order valence-electron chi connectivity index (χ1n) is 43.5. The normalized spacial score (nSPS) is 13.8. The number of hydrogen-bond donors (Lipinski definition) is 5. The van der Waals surface area contributed by atoms with Crippen molar-refractivity contribution in [3.05, 3.63) is 258 Å². The van der Waals surface area contributed by atoms with Gasteiger partial charge in [0.1, 0.15) is 62.6 Å². The van der Waals surface area contributed by atoms with E-state index >= 15 is 0 Å². The Morgan fingerprint density at radius 3 is 1.55 bits per heavy atom. The predicted octanol–water partition coefficient (Wildman–Crippen LogP) is 21.5. The van der Waals surface area contributed by atoms with Crippen molar-refractivity contribution in [3.8, 4) is 0 Å². The van der Waals surface area contributed by atoms with E-state index in [1.807, 2.05) is 176 Å². The Morgan fingerprint density at radius 2 is 0.954 bits per heavy atom. The van der Waals surface area contributed by atoms with Crippen molar-refractivity contribution >= 4 is 203 Å². The molecule has 130 heavy (non-hydrogen) atoms. The number of imidazole rings is 2. The van der Waals surface area contributed by atoms with Crippen LogP contribution in [0.15, 0.2) is 236 Å². The average molecular weight is 1860 g/mol. The van der Waals surface area contributed by atoms with Crippen molar-refractivity contribution in [2.45, 2.75) is 76.8 Å². The number of rotatable bonds is 19. The van der Waals surface area contributed by atoms with Crippen LogP contribution in [0.25, 0.3) is 76.7 Å². The van der Waals surface area contributed by atoms with Gasteiger partial charge in [0.2, 0.25) is 0 Å². The van der Waals surface area contributed by atoms with Gasteiger partial charge in [-0.1, -0.05) is 106 Å². The Hall–Kier alpha value is -11.7. The molecular formula is C98H112ClN20O6P5. The molecule has 0 unspecified atom stereocenters. The van der Waals surface area contributed by atoms with E-state index in [-0.39, 0.29) is 17.0 Å². The van der Waals surface area contributed by atoms with Crippen molar-refractivity contribution < 1.29 is 22.8 Å². The lowest BCUT2D eigenvalue weighted by molar-refractivity contribution is 0.361. The van der Waals surface area contributed by atoms with E-state index in [4.69, 9.17) is 21.6 Å². The third-order valence-corrected chi connectivity index (χ3v) is 36.0. The first-order chi connectivity index (χ1) is 62.0. The van der Waals surface area contributed by atoms with E-state index < -0.39 is 35.7 Å². The Labute approximate surface area is 762 Å². The van der Waals surface area contributed by atoms with Crippen LogP contribution in [0.5, 0.6) is 0 Å². The van der Waals surface area contributed by atoms with Crippen LogP contribution < -0.4 is 53.5 Å². The van der Waals surface area contributed by atoms with Gasteiger partial charge in [-0.15, -0.1) is 5.10 Å². The van der Waals surface area contributed by atoms with E-state index in [0.29, 0.717) is 34.3 Å². The number of nitrogens with zero attached hydrogens (tertiary/aromatic N) is 15. The summed E-state index contributed by atoms with van der Waals surface area (Å²) in [5, 5.41) is 33.5. The summed E-state index contributed by atoms with van der Waals surface area (Å²) in [6.45, 7) is 20.7. The number of anilines is 10. The van der Waals surface area contributed by atoms with Gasteiger partial charge in [-0.25, -0.2) is 39.4 Å². The maximum atomic E-state index is 13.7. The maximum Gasteiger partial charge on any atom is 0.328 e. The van der Waals surface area contributed by atoms with Crippen LogP contribution in [0.1, 0.15) is 70.7 Å². The second kappa shape index (κ2) is 38.8. The summed E-state index contributed by atoms with van der Waals surface area (Å²) in [6, 6.07) is 65.3. The number of nitrogens with one attached hydrogen (secondary N) is 5. The van der Waals surface area contributed by atoms with Crippen molar-refractivity contribution in [2.24, 2.45) is 35.2 Å². The van der Waals surface area contributed by atoms with E-state index in [0.717, 1.165) is 158 Å². The fraction of sp³-hybridized carbons (Fsp3) is 0.286. The fourth-order valence-corrected chi connectivity index (χ4v) is 26.0. The highest BCUT2D eigenvalue weighted by Gasteiger charge is 2.34. The minimum absolute atomic E-state index is 0.0851. The molecule has 2 fully saturated rings. The summed E-state index contributed by atoms with van der Waals surface area (Å²) >= 11 is 6.19. The van der Waals surface area contributed by atoms with E-state index in [1.165, 1.54) is 42.4 Å². The maximum absolute atomic E-state index is 13.7. The van der Waals surface area contributed by atoms with Gasteiger partial charge in [-0.05, 0) is 217 Å². The predicted molar refractivity (Wildman–Crippen MR) is 544 cm³/mol. The van der Waals surface area contributed by atoms with Gasteiger partial charge in [0.25, 0.3) is 0 Å². The molecule has 0 amide bonds. The number of fused-ring (bicyclic) bond motifs is 9. The zero-order valence-electron chi connectivity index (χ0n) is 76.3. The fourth-order valence-electron chi connectivity index (χ4n) is 17.1. The number of halogens is 1. The summed E-state index contributed by atoms with van der Waals surface area (Å²) in [4.78, 5) is 46.4. The standard InChI is InChI=1S/C28H35N4OP.C20H20N3OP.C17H20ClN6OP.C17H21N4O2P.C16H16N3OP/c1-18(2)34(33,19(3)4)22-16-14-21(15-17-22)29-27-25-26(23-12-8-9-13-24(23)30-27)32(5)28(31-25)20-10-6-7-11-20;1-23-17-7-5-4-6-16(17)19-18(23)12-13-21-20(19)22-14-8-10-15(11-9-14)25(2,3)24;1-23-7-9-26(25,10-8-23)13-5-3-12(4-6-13)20-17-15-16(14(18)11-19-17)24(2)22-21-15;1-20-14-9-10-18-16(15(14)21(2)17(20)22)19-13-7-5-12(6-8-13)11-24(3,4)23;1-21(2,20)13-7-5-12(6-8-13)19-16-14-4-3-10-17-15(14)9-11-18-16/h8-9,12-20H,6-7,10-11H2,1-5H3,(H,29,30);4-13H,1-3H3,(H,21,22);3-6,11H,7-10H2,1-2H3,(H,19,20);5-10H,11H2,1-4H3,(H,18,19);3-11H,1-2H3,(H,18,19). The first kappa shape index (κ1) is 93.0. The highest BCUT2D eigenvalue weighted by atomic mass is 35.5. The lowest BCUT2D eigenvalue weighted by Crippen LogP contribution is -2.34. The molecule has 26 nitrogen and oxygen atoms in total. The molecule has 672 valence electrons. The molecule has 0 bridgehead atoms. The molecule has 0 spiro atoms. The van der Waals surface area contributed by atoms with Gasteiger partial charge >= 0.3 is 5.69 Å². The Bertz CT molecular complexity index is 7310. The lowest BCUT2D eigenvalue weighted by atomic mass is 10.1. The zero-order chi connectivity index (χ0) is 92.3. The van der Waals surface area contributed by atoms with Crippen LogP contribution >= 0.6 is 47.3 Å². The van der Waals surface area contributed by atoms with E-state index in [9.17, 15) is 27.6 Å². The number of hydrogen-bond acceptors (Lipinski definition) is 21. The second-order valence-electron chi connectivity index (χ2n) is 35.3. The summed E-state index contributed by atoms with van der Waals surface area (Å²) in [5.41, 5.74) is 14.9. The summed E-state index contributed by atoms with van der Waals surface area (Å²) in [6.07, 6.45) is 15.6. The topological polar surface area (TPSA) is 306 Å². The van der Waals surface area contributed by atoms with Gasteiger partial charge < -0.3 is 63.4 Å². The summed E-state index contributed by atoms with van der Waals surface area (Å²) < 4.78 is 72.3. The number of aromatic nitrogens is 14.